The second-order valence-electron chi connectivity index (χ2n) is 3.06. The van der Waals surface area contributed by atoms with Crippen LogP contribution >= 0.6 is 0 Å². The molecule has 12 heteroatoms. The van der Waals surface area contributed by atoms with E-state index in [1.807, 2.05) is 0 Å². The number of hydrogen-bond acceptors (Lipinski definition) is 8. The predicted octanol–water partition coefficient (Wildman–Crippen LogP) is -6.48. The van der Waals surface area contributed by atoms with Crippen molar-refractivity contribution in [2.24, 2.45) is 0 Å². The Hall–Kier alpha value is 1.91. The Morgan fingerprint density at radius 1 is 0.800 bits per heavy atom. The molecule has 0 saturated carbocycles. The largest absolute Gasteiger partial charge is 1.00 e. The molecule has 20 heavy (non-hydrogen) atoms. The van der Waals surface area contributed by atoms with Gasteiger partial charge < -0.3 is 18.6 Å². The molecule has 0 radical (unpaired) electrons. The molecule has 0 aliphatic carbocycles. The van der Waals surface area contributed by atoms with Crippen LogP contribution in [0.3, 0.4) is 0 Å². The molecule has 0 bridgehead atoms. The molecule has 0 spiro atoms. The summed E-state index contributed by atoms with van der Waals surface area (Å²) in [5.41, 5.74) is 0. The second-order valence-corrected chi connectivity index (χ2v) is 5.76. The van der Waals surface area contributed by atoms with Crippen molar-refractivity contribution in [3.05, 3.63) is 12.1 Å². The third-order valence-electron chi connectivity index (χ3n) is 1.99. The first-order chi connectivity index (χ1) is 8.11. The van der Waals surface area contributed by atoms with Crippen LogP contribution in [0.4, 0.5) is 0 Å². The minimum absolute atomic E-state index is 0. The molecule has 0 saturated heterocycles. The third-order valence-corrected chi connectivity index (χ3v) is 3.70. The summed E-state index contributed by atoms with van der Waals surface area (Å²) in [5.74, 6) is -1.08. The maximum absolute atomic E-state index is 10.9. The van der Waals surface area contributed by atoms with E-state index in [0.717, 1.165) is 14.2 Å². The Kier molecular flexibility index (Phi) is 11.2. The van der Waals surface area contributed by atoms with Crippen molar-refractivity contribution in [1.29, 1.82) is 0 Å². The van der Waals surface area contributed by atoms with Gasteiger partial charge in [0.05, 0.1) is 14.2 Å². The van der Waals surface area contributed by atoms with Gasteiger partial charge in [-0.3, -0.25) is 0 Å². The van der Waals surface area contributed by atoms with Gasteiger partial charge in [-0.2, -0.15) is 0 Å². The van der Waals surface area contributed by atoms with Gasteiger partial charge in [0.2, 0.25) is 0 Å². The molecule has 0 amide bonds. The Morgan fingerprint density at radius 2 is 1.05 bits per heavy atom. The molecule has 102 valence electrons. The Balaban J connectivity index is 0. The fraction of sp³-hybridized carbons (Fsp3) is 0.250. The molecule has 0 heterocycles. The standard InChI is InChI=1S/C8H10O8S2.2K/c1-15-5-3-8(18(12,13)14)6(16-2)4-7(5)17(9,10)11;;/h3-4H,1-2H3,(H,9,10,11)(H,12,13,14);;/q;2*+1/p-2. The van der Waals surface area contributed by atoms with Crippen molar-refractivity contribution >= 4 is 20.2 Å². The number of benzene rings is 1. The van der Waals surface area contributed by atoms with E-state index in [4.69, 9.17) is 0 Å². The zero-order valence-corrected chi connectivity index (χ0v) is 19.1. The third kappa shape index (κ3) is 6.19. The summed E-state index contributed by atoms with van der Waals surface area (Å²) in [4.78, 5) is -1.62. The van der Waals surface area contributed by atoms with Gasteiger partial charge in [0.25, 0.3) is 0 Å². The Bertz CT molecular complexity index is 608. The average molecular weight is 374 g/mol. The van der Waals surface area contributed by atoms with Crippen LogP contribution in [0.25, 0.3) is 0 Å². The zero-order valence-electron chi connectivity index (χ0n) is 11.2. The molecule has 0 aromatic heterocycles. The van der Waals surface area contributed by atoms with Crippen LogP contribution in [-0.2, 0) is 20.2 Å². The van der Waals surface area contributed by atoms with E-state index in [2.05, 4.69) is 9.47 Å². The second kappa shape index (κ2) is 9.27. The van der Waals surface area contributed by atoms with Gasteiger partial charge in [0.1, 0.15) is 41.5 Å². The normalized spacial score (nSPS) is 11.0. The van der Waals surface area contributed by atoms with Crippen molar-refractivity contribution in [2.75, 3.05) is 14.2 Å². The minimum Gasteiger partial charge on any atom is -0.744 e. The first-order valence-electron chi connectivity index (χ1n) is 4.29. The van der Waals surface area contributed by atoms with E-state index >= 15 is 0 Å². The summed E-state index contributed by atoms with van der Waals surface area (Å²) < 4.78 is 74.7. The van der Waals surface area contributed by atoms with Gasteiger partial charge in [0.15, 0.2) is 0 Å². The summed E-state index contributed by atoms with van der Waals surface area (Å²) in [5, 5.41) is 0. The van der Waals surface area contributed by atoms with Crippen LogP contribution in [0, 0.1) is 0 Å². The van der Waals surface area contributed by atoms with Crippen molar-refractivity contribution in [3.8, 4) is 11.5 Å². The molecular formula is C8H8K2O8S2. The van der Waals surface area contributed by atoms with Gasteiger partial charge in [-0.1, -0.05) is 0 Å². The fourth-order valence-electron chi connectivity index (χ4n) is 1.23. The summed E-state index contributed by atoms with van der Waals surface area (Å²) in [7, 11) is -7.73. The van der Waals surface area contributed by atoms with Crippen molar-refractivity contribution < 1.29 is 138 Å². The van der Waals surface area contributed by atoms with Crippen molar-refractivity contribution in [2.45, 2.75) is 9.79 Å². The molecule has 0 aliphatic heterocycles. The van der Waals surface area contributed by atoms with Gasteiger partial charge in [0, 0.05) is 12.1 Å². The summed E-state index contributed by atoms with van der Waals surface area (Å²) in [6.45, 7) is 0. The van der Waals surface area contributed by atoms with Crippen LogP contribution in [0.15, 0.2) is 21.9 Å². The molecule has 0 fully saturated rings. The van der Waals surface area contributed by atoms with Crippen LogP contribution in [0.1, 0.15) is 0 Å². The van der Waals surface area contributed by atoms with Gasteiger partial charge in [-0.05, 0) is 0 Å². The van der Waals surface area contributed by atoms with Gasteiger partial charge in [-0.15, -0.1) is 0 Å². The summed E-state index contributed by atoms with van der Waals surface area (Å²) in [6.07, 6.45) is 0. The predicted molar refractivity (Wildman–Crippen MR) is 55.5 cm³/mol. The van der Waals surface area contributed by atoms with Gasteiger partial charge >= 0.3 is 103 Å². The topological polar surface area (TPSA) is 133 Å². The maximum atomic E-state index is 10.9. The first-order valence-corrected chi connectivity index (χ1v) is 7.10. The monoisotopic (exact) mass is 374 g/mol. The molecule has 8 nitrogen and oxygen atoms in total. The van der Waals surface area contributed by atoms with Crippen LogP contribution in [-0.4, -0.2) is 40.2 Å². The van der Waals surface area contributed by atoms with E-state index in [0.29, 0.717) is 12.1 Å². The van der Waals surface area contributed by atoms with E-state index in [1.165, 1.54) is 0 Å². The fourth-order valence-corrected chi connectivity index (χ4v) is 2.51. The molecule has 0 unspecified atom stereocenters. The van der Waals surface area contributed by atoms with E-state index < -0.39 is 41.5 Å². The van der Waals surface area contributed by atoms with E-state index in [-0.39, 0.29) is 103 Å². The van der Waals surface area contributed by atoms with E-state index in [1.54, 1.807) is 0 Å². The number of methoxy groups -OCH3 is 2. The molecule has 1 aromatic carbocycles. The number of rotatable bonds is 4. The SMILES string of the molecule is COc1cc(S(=O)(=O)[O-])c(OC)cc1S(=O)(=O)[O-].[K+].[K+]. The molecule has 0 atom stereocenters. The molecule has 1 aromatic rings. The zero-order chi connectivity index (χ0) is 14.1. The van der Waals surface area contributed by atoms with Crippen molar-refractivity contribution in [1.82, 2.24) is 0 Å². The maximum Gasteiger partial charge on any atom is 1.00 e. The number of ether oxygens (including phenoxy) is 2. The summed E-state index contributed by atoms with van der Waals surface area (Å²) in [6, 6.07) is 1.26. The van der Waals surface area contributed by atoms with Crippen LogP contribution in [0.5, 0.6) is 11.5 Å². The van der Waals surface area contributed by atoms with E-state index in [9.17, 15) is 25.9 Å². The average Bonchev–Trinajstić information content (AvgIpc) is 2.24. The Morgan fingerprint density at radius 3 is 1.20 bits per heavy atom. The molecule has 0 aliphatic rings. The molecule has 0 N–H and O–H groups in total. The summed E-state index contributed by atoms with van der Waals surface area (Å²) >= 11 is 0. The van der Waals surface area contributed by atoms with Crippen LogP contribution < -0.4 is 112 Å². The molecular weight excluding hydrogens is 366 g/mol. The number of hydrogen-bond donors (Lipinski definition) is 0. The van der Waals surface area contributed by atoms with Gasteiger partial charge in [-0.25, -0.2) is 16.8 Å². The Labute approximate surface area is 201 Å². The van der Waals surface area contributed by atoms with Crippen molar-refractivity contribution in [3.63, 3.8) is 0 Å². The minimum atomic E-state index is -4.89. The molecule has 1 rings (SSSR count). The first kappa shape index (κ1) is 24.2. The smallest absolute Gasteiger partial charge is 0.744 e. The quantitative estimate of drug-likeness (QED) is 0.375. The van der Waals surface area contributed by atoms with Crippen LogP contribution in [0.2, 0.25) is 0 Å².